The van der Waals surface area contributed by atoms with Crippen molar-refractivity contribution in [3.05, 3.63) is 35.8 Å². The van der Waals surface area contributed by atoms with E-state index >= 15 is 0 Å². The van der Waals surface area contributed by atoms with Crippen LogP contribution in [0.1, 0.15) is 17.7 Å². The van der Waals surface area contributed by atoms with Crippen LogP contribution in [-0.4, -0.2) is 51.7 Å². The summed E-state index contributed by atoms with van der Waals surface area (Å²) in [6.07, 6.45) is 3.63. The molecule has 25 heavy (non-hydrogen) atoms. The third-order valence-electron chi connectivity index (χ3n) is 3.93. The average molecular weight is 345 g/mol. The maximum atomic E-state index is 12.2. The number of pyridine rings is 1. The molecule has 0 bridgehead atoms. The number of aromatic nitrogens is 3. The van der Waals surface area contributed by atoms with Gasteiger partial charge < -0.3 is 15.0 Å². The van der Waals surface area contributed by atoms with Gasteiger partial charge in [-0.05, 0) is 23.7 Å². The van der Waals surface area contributed by atoms with Gasteiger partial charge in [0.2, 0.25) is 11.8 Å². The van der Waals surface area contributed by atoms with Gasteiger partial charge in [-0.3, -0.25) is 14.6 Å². The van der Waals surface area contributed by atoms with Gasteiger partial charge in [-0.1, -0.05) is 11.2 Å². The number of rotatable bonds is 7. The molecule has 2 aromatic heterocycles. The van der Waals surface area contributed by atoms with E-state index in [0.717, 1.165) is 5.56 Å². The standard InChI is InChI=1S/C16H19N5O4/c1-11-16(20-25-19-11)24-6-5-18-15(23)13-7-14(22)21(10-13)9-12-3-2-4-17-8-12/h2-4,8,13H,5-7,9-10H2,1H3,(H,18,23). The Morgan fingerprint density at radius 1 is 1.48 bits per heavy atom. The minimum atomic E-state index is -0.348. The smallest absolute Gasteiger partial charge is 0.278 e. The molecule has 1 aliphatic rings. The van der Waals surface area contributed by atoms with Crippen LogP contribution in [0.4, 0.5) is 0 Å². The molecule has 0 saturated carbocycles. The number of nitrogens with one attached hydrogen (secondary N) is 1. The van der Waals surface area contributed by atoms with Crippen molar-refractivity contribution in [1.29, 1.82) is 0 Å². The molecule has 2 amide bonds. The second kappa shape index (κ2) is 7.73. The molecule has 1 atom stereocenters. The van der Waals surface area contributed by atoms with Crippen molar-refractivity contribution >= 4 is 11.8 Å². The number of carbonyl (C=O) groups excluding carboxylic acids is 2. The SMILES string of the molecule is Cc1nonc1OCCNC(=O)C1CC(=O)N(Cc2cccnc2)C1. The first kappa shape index (κ1) is 16.9. The van der Waals surface area contributed by atoms with Gasteiger partial charge in [0.1, 0.15) is 12.3 Å². The van der Waals surface area contributed by atoms with E-state index in [1.54, 1.807) is 24.2 Å². The van der Waals surface area contributed by atoms with E-state index in [1.165, 1.54) is 0 Å². The third kappa shape index (κ3) is 4.31. The first-order valence-corrected chi connectivity index (χ1v) is 8.00. The van der Waals surface area contributed by atoms with Crippen LogP contribution in [0.2, 0.25) is 0 Å². The Morgan fingerprint density at radius 3 is 3.08 bits per heavy atom. The minimum Gasteiger partial charge on any atom is -0.472 e. The first-order valence-electron chi connectivity index (χ1n) is 8.00. The fourth-order valence-electron chi connectivity index (χ4n) is 2.63. The number of ether oxygens (including phenoxy) is 1. The molecule has 0 aromatic carbocycles. The zero-order valence-electron chi connectivity index (χ0n) is 13.8. The zero-order chi connectivity index (χ0) is 17.6. The van der Waals surface area contributed by atoms with Crippen LogP contribution in [0.25, 0.3) is 0 Å². The molecule has 132 valence electrons. The molecule has 1 N–H and O–H groups in total. The van der Waals surface area contributed by atoms with Gasteiger partial charge >= 0.3 is 0 Å². The molecular formula is C16H19N5O4. The minimum absolute atomic E-state index is 0.0236. The topological polar surface area (TPSA) is 110 Å². The summed E-state index contributed by atoms with van der Waals surface area (Å²) in [5.74, 6) is -0.210. The van der Waals surface area contributed by atoms with Crippen molar-refractivity contribution in [3.63, 3.8) is 0 Å². The molecule has 0 aliphatic carbocycles. The first-order chi connectivity index (χ1) is 12.1. The van der Waals surface area contributed by atoms with Crippen LogP contribution in [0.15, 0.2) is 29.2 Å². The Kier molecular flexibility index (Phi) is 5.22. The molecule has 3 rings (SSSR count). The maximum Gasteiger partial charge on any atom is 0.278 e. The summed E-state index contributed by atoms with van der Waals surface area (Å²) in [4.78, 5) is 30.0. The Hall–Kier alpha value is -2.97. The fraction of sp³-hybridized carbons (Fsp3) is 0.438. The van der Waals surface area contributed by atoms with Gasteiger partial charge in [0, 0.05) is 31.9 Å². The lowest BCUT2D eigenvalue weighted by molar-refractivity contribution is -0.129. The van der Waals surface area contributed by atoms with Crippen molar-refractivity contribution in [3.8, 4) is 5.88 Å². The Bertz CT molecular complexity index is 733. The van der Waals surface area contributed by atoms with E-state index in [0.29, 0.717) is 31.2 Å². The quantitative estimate of drug-likeness (QED) is 0.719. The Morgan fingerprint density at radius 2 is 2.36 bits per heavy atom. The third-order valence-corrected chi connectivity index (χ3v) is 3.93. The second-order valence-electron chi connectivity index (χ2n) is 5.83. The zero-order valence-corrected chi connectivity index (χ0v) is 13.8. The van der Waals surface area contributed by atoms with Gasteiger partial charge in [0.15, 0.2) is 0 Å². The lowest BCUT2D eigenvalue weighted by atomic mass is 10.1. The number of likely N-dealkylation sites (tertiary alicyclic amines) is 1. The monoisotopic (exact) mass is 345 g/mol. The summed E-state index contributed by atoms with van der Waals surface area (Å²) in [6, 6.07) is 3.73. The summed E-state index contributed by atoms with van der Waals surface area (Å²) in [5, 5.41) is 9.97. The normalized spacial score (nSPS) is 16.9. The van der Waals surface area contributed by atoms with Crippen LogP contribution >= 0.6 is 0 Å². The highest BCUT2D eigenvalue weighted by atomic mass is 16.6. The number of carbonyl (C=O) groups is 2. The summed E-state index contributed by atoms with van der Waals surface area (Å²) in [6.45, 7) is 3.16. The van der Waals surface area contributed by atoms with Crippen molar-refractivity contribution in [2.24, 2.45) is 5.92 Å². The van der Waals surface area contributed by atoms with E-state index in [9.17, 15) is 9.59 Å². The molecule has 0 radical (unpaired) electrons. The highest BCUT2D eigenvalue weighted by Crippen LogP contribution is 2.20. The van der Waals surface area contributed by atoms with Crippen molar-refractivity contribution < 1.29 is 19.0 Å². The lowest BCUT2D eigenvalue weighted by Crippen LogP contribution is -2.35. The van der Waals surface area contributed by atoms with E-state index in [-0.39, 0.29) is 30.8 Å². The molecule has 1 fully saturated rings. The molecule has 1 unspecified atom stereocenters. The van der Waals surface area contributed by atoms with Crippen LogP contribution in [0, 0.1) is 12.8 Å². The van der Waals surface area contributed by atoms with Crippen LogP contribution in [0.3, 0.4) is 0 Å². The number of hydrogen-bond acceptors (Lipinski definition) is 7. The maximum absolute atomic E-state index is 12.2. The number of hydrogen-bond donors (Lipinski definition) is 1. The molecule has 9 heteroatoms. The summed E-state index contributed by atoms with van der Waals surface area (Å²) in [5.41, 5.74) is 1.50. The number of amides is 2. The van der Waals surface area contributed by atoms with Gasteiger partial charge in [-0.2, -0.15) is 0 Å². The summed E-state index contributed by atoms with van der Waals surface area (Å²) >= 11 is 0. The van der Waals surface area contributed by atoms with E-state index in [1.807, 2.05) is 12.1 Å². The Balaban J connectivity index is 1.42. The van der Waals surface area contributed by atoms with E-state index in [2.05, 4.69) is 25.2 Å². The van der Waals surface area contributed by atoms with E-state index < -0.39 is 0 Å². The van der Waals surface area contributed by atoms with Gasteiger partial charge in [-0.15, -0.1) is 0 Å². The molecular weight excluding hydrogens is 326 g/mol. The molecule has 1 saturated heterocycles. The predicted octanol–water partition coefficient (Wildman–Crippen LogP) is 0.317. The number of aryl methyl sites for hydroxylation is 1. The van der Waals surface area contributed by atoms with Crippen LogP contribution < -0.4 is 10.1 Å². The van der Waals surface area contributed by atoms with Crippen molar-refractivity contribution in [2.75, 3.05) is 19.7 Å². The average Bonchev–Trinajstić information content (AvgIpc) is 3.18. The molecule has 9 nitrogen and oxygen atoms in total. The Labute approximate surface area is 144 Å². The predicted molar refractivity (Wildman–Crippen MR) is 85.3 cm³/mol. The van der Waals surface area contributed by atoms with Crippen molar-refractivity contribution in [2.45, 2.75) is 19.9 Å². The van der Waals surface area contributed by atoms with Gasteiger partial charge in [-0.25, -0.2) is 4.63 Å². The van der Waals surface area contributed by atoms with Crippen LogP contribution in [-0.2, 0) is 16.1 Å². The van der Waals surface area contributed by atoms with Gasteiger partial charge in [0.05, 0.1) is 12.5 Å². The van der Waals surface area contributed by atoms with Gasteiger partial charge in [0.25, 0.3) is 5.88 Å². The molecule has 1 aliphatic heterocycles. The van der Waals surface area contributed by atoms with E-state index in [4.69, 9.17) is 4.74 Å². The lowest BCUT2D eigenvalue weighted by Gasteiger charge is -2.16. The van der Waals surface area contributed by atoms with Crippen LogP contribution in [0.5, 0.6) is 5.88 Å². The highest BCUT2D eigenvalue weighted by Gasteiger charge is 2.34. The fourth-order valence-corrected chi connectivity index (χ4v) is 2.63. The summed E-state index contributed by atoms with van der Waals surface area (Å²) in [7, 11) is 0. The number of nitrogens with zero attached hydrogens (tertiary/aromatic N) is 4. The second-order valence-corrected chi connectivity index (χ2v) is 5.83. The molecule has 0 spiro atoms. The molecule has 2 aromatic rings. The molecule has 3 heterocycles. The highest BCUT2D eigenvalue weighted by molar-refractivity contribution is 5.89. The summed E-state index contributed by atoms with van der Waals surface area (Å²) < 4.78 is 9.86. The van der Waals surface area contributed by atoms with Crippen molar-refractivity contribution in [1.82, 2.24) is 25.5 Å². The largest absolute Gasteiger partial charge is 0.472 e.